The minimum absolute atomic E-state index is 0. The van der Waals surface area contributed by atoms with Crippen LogP contribution in [-0.4, -0.2) is 8.42 Å². The van der Waals surface area contributed by atoms with Gasteiger partial charge in [0.05, 0.1) is 4.90 Å². The van der Waals surface area contributed by atoms with Crippen molar-refractivity contribution < 1.29 is 38.0 Å². The Labute approximate surface area is 123 Å². The van der Waals surface area contributed by atoms with Crippen molar-refractivity contribution in [3.05, 3.63) is 65.4 Å². The molecule has 0 heterocycles. The third-order valence-electron chi connectivity index (χ3n) is 2.02. The summed E-state index contributed by atoms with van der Waals surface area (Å²) in [6.07, 6.45) is 0. The van der Waals surface area contributed by atoms with Crippen molar-refractivity contribution in [2.45, 2.75) is 4.90 Å². The normalized spacial score (nSPS) is 10.4. The van der Waals surface area contributed by atoms with E-state index in [9.17, 15) is 8.42 Å². The van der Waals surface area contributed by atoms with E-state index >= 15 is 0 Å². The largest absolute Gasteiger partial charge is 1.00 e. The number of benzene rings is 2. The van der Waals surface area contributed by atoms with Gasteiger partial charge in [-0.1, -0.05) is 48.5 Å². The Morgan fingerprint density at radius 3 is 1.76 bits per heavy atom. The molecule has 0 atom stereocenters. The molecule has 0 aliphatic carbocycles. The first kappa shape index (κ1) is 14.3. The van der Waals surface area contributed by atoms with E-state index in [2.05, 4.69) is 4.72 Å². The molecule has 3 nitrogen and oxygen atoms in total. The van der Waals surface area contributed by atoms with Crippen molar-refractivity contribution in [3.63, 3.8) is 0 Å². The molecular weight excluding hydrogens is 245 g/mol. The molecule has 0 N–H and O–H groups in total. The maximum absolute atomic E-state index is 11.8. The van der Waals surface area contributed by atoms with Crippen molar-refractivity contribution in [1.29, 1.82) is 0 Å². The Morgan fingerprint density at radius 2 is 1.24 bits per heavy atom. The Hall–Kier alpha value is -0.810. The molecule has 0 fully saturated rings. The van der Waals surface area contributed by atoms with Crippen LogP contribution in [0.4, 0.5) is 5.69 Å². The summed E-state index contributed by atoms with van der Waals surface area (Å²) in [5, 5.41) is 0. The van der Waals surface area contributed by atoms with Gasteiger partial charge in [0.25, 0.3) is 0 Å². The van der Waals surface area contributed by atoms with Crippen molar-refractivity contribution in [2.75, 3.05) is 0 Å². The van der Waals surface area contributed by atoms with Gasteiger partial charge in [0, 0.05) is 0 Å². The molecule has 17 heavy (non-hydrogen) atoms. The number of hydrogen-bond acceptors (Lipinski definition) is 2. The van der Waals surface area contributed by atoms with E-state index in [-0.39, 0.29) is 34.5 Å². The van der Waals surface area contributed by atoms with Gasteiger partial charge >= 0.3 is 29.6 Å². The molecule has 2 aromatic rings. The zero-order valence-corrected chi connectivity index (χ0v) is 12.3. The van der Waals surface area contributed by atoms with Crippen LogP contribution in [0.15, 0.2) is 65.6 Å². The number of rotatable bonds is 3. The topological polar surface area (TPSA) is 48.2 Å². The van der Waals surface area contributed by atoms with Crippen molar-refractivity contribution in [2.24, 2.45) is 0 Å². The van der Waals surface area contributed by atoms with Gasteiger partial charge < -0.3 is 4.72 Å². The summed E-state index contributed by atoms with van der Waals surface area (Å²) < 4.78 is 27.4. The SMILES string of the molecule is O=S(=O)([N-]c1ccccc1)c1ccccc1.[Na+]. The Balaban J connectivity index is 0.00000144. The monoisotopic (exact) mass is 255 g/mol. The third-order valence-corrected chi connectivity index (χ3v) is 3.34. The second kappa shape index (κ2) is 6.21. The first-order chi connectivity index (χ1) is 7.68. The Morgan fingerprint density at radius 1 is 0.765 bits per heavy atom. The summed E-state index contributed by atoms with van der Waals surface area (Å²) in [5.41, 5.74) is 0.436. The summed E-state index contributed by atoms with van der Waals surface area (Å²) in [6.45, 7) is 0. The minimum Gasteiger partial charge on any atom is -0.573 e. The number of sulfonamides is 1. The third kappa shape index (κ3) is 3.85. The van der Waals surface area contributed by atoms with Gasteiger partial charge in [0.1, 0.15) is 10.0 Å². The fraction of sp³-hybridized carbons (Fsp3) is 0. The second-order valence-corrected chi connectivity index (χ2v) is 4.82. The summed E-state index contributed by atoms with van der Waals surface area (Å²) >= 11 is 0. The molecule has 0 aliphatic rings. The van der Waals surface area contributed by atoms with Gasteiger partial charge in [-0.25, -0.2) is 8.42 Å². The van der Waals surface area contributed by atoms with Gasteiger partial charge in [-0.15, -0.1) is 5.69 Å². The predicted molar refractivity (Wildman–Crippen MR) is 63.1 cm³/mol. The molecule has 0 spiro atoms. The van der Waals surface area contributed by atoms with Crippen molar-refractivity contribution in [1.82, 2.24) is 0 Å². The molecule has 0 saturated carbocycles. The first-order valence-electron chi connectivity index (χ1n) is 4.77. The molecule has 0 radical (unpaired) electrons. The Kier molecular flexibility index (Phi) is 5.21. The minimum atomic E-state index is -3.59. The van der Waals surface area contributed by atoms with E-state index in [1.807, 2.05) is 6.07 Å². The molecule has 2 rings (SSSR count). The molecule has 0 amide bonds. The van der Waals surface area contributed by atoms with Crippen LogP contribution in [0.2, 0.25) is 0 Å². The van der Waals surface area contributed by atoms with Crippen LogP contribution in [0.3, 0.4) is 0 Å². The maximum Gasteiger partial charge on any atom is 1.00 e. The van der Waals surface area contributed by atoms with Gasteiger partial charge in [-0.05, 0) is 12.1 Å². The van der Waals surface area contributed by atoms with Crippen LogP contribution in [-0.2, 0) is 10.0 Å². The van der Waals surface area contributed by atoms with Crippen LogP contribution in [0.5, 0.6) is 0 Å². The van der Waals surface area contributed by atoms with Crippen LogP contribution < -0.4 is 29.6 Å². The summed E-state index contributed by atoms with van der Waals surface area (Å²) in [7, 11) is -3.59. The molecule has 0 aliphatic heterocycles. The molecule has 5 heteroatoms. The summed E-state index contributed by atoms with van der Waals surface area (Å²) in [5.74, 6) is 0. The molecule has 0 aromatic heterocycles. The molecule has 0 unspecified atom stereocenters. The fourth-order valence-electron chi connectivity index (χ4n) is 1.27. The molecule has 0 saturated heterocycles. The van der Waals surface area contributed by atoms with Gasteiger partial charge in [0.15, 0.2) is 0 Å². The summed E-state index contributed by atoms with van der Waals surface area (Å²) in [6, 6.07) is 16.8. The maximum atomic E-state index is 11.8. The van der Waals surface area contributed by atoms with E-state index in [1.54, 1.807) is 42.5 Å². The molecule has 0 bridgehead atoms. The smallest absolute Gasteiger partial charge is 0.573 e. The quantitative estimate of drug-likeness (QED) is 0.730. The zero-order chi connectivity index (χ0) is 11.4. The zero-order valence-electron chi connectivity index (χ0n) is 9.45. The first-order valence-corrected chi connectivity index (χ1v) is 6.21. The van der Waals surface area contributed by atoms with Crippen LogP contribution in [0, 0.1) is 0 Å². The van der Waals surface area contributed by atoms with E-state index < -0.39 is 10.0 Å². The molecular formula is C12H10NNaO2S. The van der Waals surface area contributed by atoms with Crippen molar-refractivity contribution >= 4 is 15.7 Å². The van der Waals surface area contributed by atoms with E-state index in [1.165, 1.54) is 12.1 Å². The second-order valence-electron chi connectivity index (χ2n) is 3.21. The summed E-state index contributed by atoms with van der Waals surface area (Å²) in [4.78, 5) is 0.207. The van der Waals surface area contributed by atoms with Gasteiger partial charge in [-0.3, -0.25) is 0 Å². The van der Waals surface area contributed by atoms with E-state index in [4.69, 9.17) is 0 Å². The molecule has 2 aromatic carbocycles. The van der Waals surface area contributed by atoms with Gasteiger partial charge in [0.2, 0.25) is 0 Å². The van der Waals surface area contributed by atoms with E-state index in [0.717, 1.165) is 0 Å². The average molecular weight is 255 g/mol. The van der Waals surface area contributed by atoms with E-state index in [0.29, 0.717) is 5.69 Å². The van der Waals surface area contributed by atoms with Gasteiger partial charge in [-0.2, -0.15) is 0 Å². The van der Waals surface area contributed by atoms with Crippen LogP contribution in [0.1, 0.15) is 0 Å². The standard InChI is InChI=1S/C12H10NO2S.Na/c14-16(15,12-9-5-2-6-10-12)13-11-7-3-1-4-8-11;/h1-10H;/q-1;+1. The number of hydrogen-bond donors (Lipinski definition) is 0. The van der Waals surface area contributed by atoms with Crippen LogP contribution >= 0.6 is 0 Å². The fourth-order valence-corrected chi connectivity index (χ4v) is 2.28. The van der Waals surface area contributed by atoms with Crippen LogP contribution in [0.25, 0.3) is 4.72 Å². The molecule has 82 valence electrons. The Bertz CT molecular complexity index is 556. The predicted octanol–water partition coefficient (Wildman–Crippen LogP) is 0.0847. The number of nitrogens with zero attached hydrogens (tertiary/aromatic N) is 1. The average Bonchev–Trinajstić information content (AvgIpc) is 2.31. The van der Waals surface area contributed by atoms with Crippen molar-refractivity contribution in [3.8, 4) is 0 Å².